The van der Waals surface area contributed by atoms with Crippen LogP contribution in [0.3, 0.4) is 0 Å². The highest BCUT2D eigenvalue weighted by atomic mass is 16.3. The number of ketones is 2. The molecule has 25 heavy (non-hydrogen) atoms. The number of Topliss-reactive ketones (excluding diaryl/α,β-unsaturated/α-hetero) is 1. The summed E-state index contributed by atoms with van der Waals surface area (Å²) in [7, 11) is 0. The quantitative estimate of drug-likeness (QED) is 0.779. The summed E-state index contributed by atoms with van der Waals surface area (Å²) < 4.78 is 0. The molecule has 0 amide bonds. The van der Waals surface area contributed by atoms with Gasteiger partial charge in [0.1, 0.15) is 5.60 Å². The minimum atomic E-state index is -1.16. The largest absolute Gasteiger partial charge is 0.381 e. The van der Waals surface area contributed by atoms with Crippen molar-refractivity contribution < 1.29 is 14.7 Å². The summed E-state index contributed by atoms with van der Waals surface area (Å²) in [6.07, 6.45) is 8.69. The van der Waals surface area contributed by atoms with Crippen molar-refractivity contribution in [2.75, 3.05) is 0 Å². The van der Waals surface area contributed by atoms with E-state index in [1.807, 2.05) is 6.08 Å². The van der Waals surface area contributed by atoms with Gasteiger partial charge in [-0.25, -0.2) is 0 Å². The van der Waals surface area contributed by atoms with Gasteiger partial charge in [0, 0.05) is 11.8 Å². The molecule has 1 N–H and O–H groups in total. The molecule has 0 saturated heterocycles. The third kappa shape index (κ3) is 2.02. The van der Waals surface area contributed by atoms with E-state index in [9.17, 15) is 14.7 Å². The Morgan fingerprint density at radius 3 is 2.56 bits per heavy atom. The van der Waals surface area contributed by atoms with Crippen molar-refractivity contribution in [3.05, 3.63) is 11.6 Å². The summed E-state index contributed by atoms with van der Waals surface area (Å²) in [6, 6.07) is 0. The number of fused-ring (bicyclic) bond motifs is 5. The number of carbonyl (C=O) groups is 2. The van der Waals surface area contributed by atoms with Crippen LogP contribution in [-0.2, 0) is 9.59 Å². The van der Waals surface area contributed by atoms with Gasteiger partial charge >= 0.3 is 0 Å². The van der Waals surface area contributed by atoms with E-state index in [0.29, 0.717) is 30.0 Å². The van der Waals surface area contributed by atoms with E-state index < -0.39 is 5.60 Å². The Morgan fingerprint density at radius 2 is 1.88 bits per heavy atom. The second-order valence-electron chi connectivity index (χ2n) is 9.88. The van der Waals surface area contributed by atoms with Gasteiger partial charge in [0.15, 0.2) is 11.6 Å². The van der Waals surface area contributed by atoms with E-state index in [1.165, 1.54) is 5.57 Å². The van der Waals surface area contributed by atoms with Gasteiger partial charge in [-0.05, 0) is 80.6 Å². The molecule has 0 aromatic heterocycles. The van der Waals surface area contributed by atoms with Crippen LogP contribution in [-0.4, -0.2) is 22.3 Å². The van der Waals surface area contributed by atoms with Gasteiger partial charge in [0.05, 0.1) is 0 Å². The molecule has 7 atom stereocenters. The maximum absolute atomic E-state index is 12.4. The number of carbonyl (C=O) groups excluding carboxylic acids is 2. The Hall–Kier alpha value is -0.960. The molecule has 138 valence electrons. The SMILES string of the molecule is CC(=O)[C@@]1(O)C(C)C[C@H]2[C@@H]3CCC4=CC(=O)CC[C@]4(C)[C@H]3CC[C@@]21C. The lowest BCUT2D eigenvalue weighted by Crippen LogP contribution is -2.58. The van der Waals surface area contributed by atoms with Crippen LogP contribution in [0.15, 0.2) is 11.6 Å². The molecule has 0 bridgehead atoms. The van der Waals surface area contributed by atoms with Gasteiger partial charge in [-0.15, -0.1) is 0 Å². The molecule has 3 heteroatoms. The fraction of sp³-hybridized carbons (Fsp3) is 0.818. The molecule has 0 radical (unpaired) electrons. The Balaban J connectivity index is 1.72. The lowest BCUT2D eigenvalue weighted by molar-refractivity contribution is -0.165. The van der Waals surface area contributed by atoms with Crippen LogP contribution < -0.4 is 0 Å². The second kappa shape index (κ2) is 5.28. The molecular weight excluding hydrogens is 312 g/mol. The van der Waals surface area contributed by atoms with Crippen LogP contribution in [0.5, 0.6) is 0 Å². The van der Waals surface area contributed by atoms with Crippen LogP contribution in [0.1, 0.15) is 72.6 Å². The second-order valence-corrected chi connectivity index (χ2v) is 9.88. The topological polar surface area (TPSA) is 54.4 Å². The zero-order chi connectivity index (χ0) is 18.2. The summed E-state index contributed by atoms with van der Waals surface area (Å²) in [4.78, 5) is 24.3. The van der Waals surface area contributed by atoms with Crippen molar-refractivity contribution in [3.63, 3.8) is 0 Å². The first-order chi connectivity index (χ1) is 11.6. The lowest BCUT2D eigenvalue weighted by Gasteiger charge is -2.58. The third-order valence-electron chi connectivity index (χ3n) is 9.08. The van der Waals surface area contributed by atoms with Crippen molar-refractivity contribution in [1.29, 1.82) is 0 Å². The van der Waals surface area contributed by atoms with Crippen molar-refractivity contribution in [2.24, 2.45) is 34.5 Å². The van der Waals surface area contributed by atoms with E-state index in [1.54, 1.807) is 6.92 Å². The molecule has 4 rings (SSSR count). The zero-order valence-corrected chi connectivity index (χ0v) is 16.1. The average molecular weight is 344 g/mol. The van der Waals surface area contributed by atoms with Crippen LogP contribution in [0.25, 0.3) is 0 Å². The average Bonchev–Trinajstić information content (AvgIpc) is 2.77. The van der Waals surface area contributed by atoms with Gasteiger partial charge in [0.25, 0.3) is 0 Å². The molecule has 4 aliphatic rings. The van der Waals surface area contributed by atoms with Crippen LogP contribution in [0.2, 0.25) is 0 Å². The molecule has 3 nitrogen and oxygen atoms in total. The Bertz CT molecular complexity index is 664. The highest BCUT2D eigenvalue weighted by molar-refractivity contribution is 5.91. The predicted molar refractivity (Wildman–Crippen MR) is 96.9 cm³/mol. The molecule has 0 heterocycles. The monoisotopic (exact) mass is 344 g/mol. The summed E-state index contributed by atoms with van der Waals surface area (Å²) in [6.45, 7) is 8.19. The van der Waals surface area contributed by atoms with Crippen molar-refractivity contribution in [2.45, 2.75) is 78.2 Å². The molecule has 0 aromatic carbocycles. The summed E-state index contributed by atoms with van der Waals surface area (Å²) in [5.41, 5.74) is 0.0728. The predicted octanol–water partition coefficient (Wildman–Crippen LogP) is 4.08. The Kier molecular flexibility index (Phi) is 3.69. The maximum Gasteiger partial charge on any atom is 0.162 e. The number of allylic oxidation sites excluding steroid dienone is 1. The molecule has 3 saturated carbocycles. The van der Waals surface area contributed by atoms with E-state index in [2.05, 4.69) is 20.8 Å². The molecule has 0 aromatic rings. The maximum atomic E-state index is 12.4. The molecule has 3 fully saturated rings. The molecule has 0 aliphatic heterocycles. The Labute approximate surface area is 151 Å². The Morgan fingerprint density at radius 1 is 1.16 bits per heavy atom. The van der Waals surface area contributed by atoms with E-state index in [-0.39, 0.29) is 22.5 Å². The van der Waals surface area contributed by atoms with Gasteiger partial charge in [0.2, 0.25) is 0 Å². The third-order valence-corrected chi connectivity index (χ3v) is 9.08. The lowest BCUT2D eigenvalue weighted by atomic mass is 9.46. The standard InChI is InChI=1S/C22H32O3/c1-13-11-19-17-6-5-15-12-16(24)7-9-20(15,3)18(17)8-10-21(19,4)22(13,25)14(2)23/h12-13,17-19,25H,5-11H2,1-4H3/t13?,17-,18+,19+,20+,21+,22+/m1/s1. The van der Waals surface area contributed by atoms with E-state index >= 15 is 0 Å². The molecule has 1 unspecified atom stereocenters. The first-order valence-corrected chi connectivity index (χ1v) is 10.1. The minimum Gasteiger partial charge on any atom is -0.381 e. The number of hydrogen-bond acceptors (Lipinski definition) is 3. The molecule has 4 aliphatic carbocycles. The first kappa shape index (κ1) is 17.5. The van der Waals surface area contributed by atoms with E-state index in [4.69, 9.17) is 0 Å². The van der Waals surface area contributed by atoms with Gasteiger partial charge in [-0.2, -0.15) is 0 Å². The summed E-state index contributed by atoms with van der Waals surface area (Å²) >= 11 is 0. The minimum absolute atomic E-state index is 0.0384. The fourth-order valence-electron chi connectivity index (χ4n) is 7.65. The smallest absolute Gasteiger partial charge is 0.162 e. The fourth-order valence-corrected chi connectivity index (χ4v) is 7.65. The number of rotatable bonds is 1. The van der Waals surface area contributed by atoms with Crippen molar-refractivity contribution in [1.82, 2.24) is 0 Å². The normalized spacial score (nSPS) is 52.0. The summed E-state index contributed by atoms with van der Waals surface area (Å²) in [5.74, 6) is 1.88. The van der Waals surface area contributed by atoms with Gasteiger partial charge in [-0.3, -0.25) is 9.59 Å². The zero-order valence-electron chi connectivity index (χ0n) is 16.1. The van der Waals surface area contributed by atoms with Crippen molar-refractivity contribution in [3.8, 4) is 0 Å². The molecule has 0 spiro atoms. The number of hydrogen-bond donors (Lipinski definition) is 1. The summed E-state index contributed by atoms with van der Waals surface area (Å²) in [5, 5.41) is 11.4. The van der Waals surface area contributed by atoms with E-state index in [0.717, 1.165) is 38.5 Å². The highest BCUT2D eigenvalue weighted by Crippen LogP contribution is 2.68. The number of aliphatic hydroxyl groups is 1. The van der Waals surface area contributed by atoms with Gasteiger partial charge in [-0.1, -0.05) is 26.3 Å². The first-order valence-electron chi connectivity index (χ1n) is 10.1. The molecular formula is C22H32O3. The highest BCUT2D eigenvalue weighted by Gasteiger charge is 2.67. The van der Waals surface area contributed by atoms with Crippen LogP contribution in [0, 0.1) is 34.5 Å². The van der Waals surface area contributed by atoms with Crippen LogP contribution >= 0.6 is 0 Å². The van der Waals surface area contributed by atoms with Gasteiger partial charge < -0.3 is 5.11 Å². The van der Waals surface area contributed by atoms with Crippen molar-refractivity contribution >= 4 is 11.6 Å². The van der Waals surface area contributed by atoms with Crippen LogP contribution in [0.4, 0.5) is 0 Å².